The predicted octanol–water partition coefficient (Wildman–Crippen LogP) is 0.393. The van der Waals surface area contributed by atoms with Gasteiger partial charge in [0, 0.05) is 6.92 Å². The first-order valence-electron chi connectivity index (χ1n) is 4.04. The van der Waals surface area contributed by atoms with E-state index in [1.54, 1.807) is 6.92 Å². The van der Waals surface area contributed by atoms with Gasteiger partial charge in [0.2, 0.25) is 11.6 Å². The van der Waals surface area contributed by atoms with E-state index in [2.05, 4.69) is 4.98 Å². The number of hydrogen-bond donors (Lipinski definition) is 1. The smallest absolute Gasteiger partial charge is 0.296 e. The monoisotopic (exact) mass is 183 g/mol. The molecule has 1 heterocycles. The summed E-state index contributed by atoms with van der Waals surface area (Å²) >= 11 is 0. The van der Waals surface area contributed by atoms with Crippen LogP contribution in [0.15, 0.2) is 6.07 Å². The molecule has 0 saturated heterocycles. The minimum absolute atomic E-state index is 0.0220. The van der Waals surface area contributed by atoms with Crippen LogP contribution in [0.25, 0.3) is 0 Å². The first-order chi connectivity index (χ1) is 6.00. The van der Waals surface area contributed by atoms with Crippen LogP contribution in [0.3, 0.4) is 0 Å². The molecule has 0 saturated carbocycles. The largest absolute Gasteiger partial charge is 0.740 e. The molecule has 72 valence electrons. The molecule has 0 fully saturated rings. The summed E-state index contributed by atoms with van der Waals surface area (Å²) in [6.07, 6.45) is 0.0220. The molecule has 0 unspecified atom stereocenters. The molecule has 0 aromatic carbocycles. The van der Waals surface area contributed by atoms with Crippen LogP contribution in [-0.4, -0.2) is 11.1 Å². The zero-order valence-corrected chi connectivity index (χ0v) is 7.94. The molecule has 0 aliphatic carbocycles. The molecule has 13 heavy (non-hydrogen) atoms. The van der Waals surface area contributed by atoms with Crippen LogP contribution in [0.2, 0.25) is 0 Å². The first kappa shape index (κ1) is 9.57. The van der Waals surface area contributed by atoms with E-state index >= 15 is 0 Å². The third-order valence-corrected chi connectivity index (χ3v) is 1.43. The highest BCUT2D eigenvalue weighted by Crippen LogP contribution is 2.10. The minimum atomic E-state index is 0.0220. The standard InChI is InChI=1S/C8H13N3O2/c1-5(2)13-8-4-7(9)11(12)6(3)10-8/h4-5H,9H2,1-3H3. The van der Waals surface area contributed by atoms with Gasteiger partial charge in [-0.2, -0.15) is 0 Å². The molecule has 5 heteroatoms. The molecule has 1 rings (SSSR count). The van der Waals surface area contributed by atoms with Crippen molar-refractivity contribution in [3.05, 3.63) is 17.1 Å². The lowest BCUT2D eigenvalue weighted by molar-refractivity contribution is -0.600. The number of aryl methyl sites for hydroxylation is 1. The molecule has 0 aliphatic rings. The van der Waals surface area contributed by atoms with Crippen LogP contribution in [-0.2, 0) is 0 Å². The van der Waals surface area contributed by atoms with Crippen LogP contribution in [0.5, 0.6) is 5.88 Å². The van der Waals surface area contributed by atoms with Crippen LogP contribution < -0.4 is 15.2 Å². The Hall–Kier alpha value is -1.52. The van der Waals surface area contributed by atoms with Crippen LogP contribution in [0.1, 0.15) is 19.7 Å². The highest BCUT2D eigenvalue weighted by molar-refractivity contribution is 5.27. The van der Waals surface area contributed by atoms with Gasteiger partial charge in [-0.25, -0.2) is 4.73 Å². The summed E-state index contributed by atoms with van der Waals surface area (Å²) < 4.78 is 5.85. The highest BCUT2D eigenvalue weighted by atomic mass is 16.5. The molecule has 2 N–H and O–H groups in total. The summed E-state index contributed by atoms with van der Waals surface area (Å²) in [5.74, 6) is 0.774. The van der Waals surface area contributed by atoms with Crippen molar-refractivity contribution in [2.45, 2.75) is 26.9 Å². The Morgan fingerprint density at radius 3 is 2.69 bits per heavy atom. The second-order valence-corrected chi connectivity index (χ2v) is 3.03. The Labute approximate surface area is 76.7 Å². The maximum Gasteiger partial charge on any atom is 0.296 e. The summed E-state index contributed by atoms with van der Waals surface area (Å²) in [4.78, 5) is 3.92. The van der Waals surface area contributed by atoms with Gasteiger partial charge < -0.3 is 15.7 Å². The van der Waals surface area contributed by atoms with Crippen molar-refractivity contribution in [3.63, 3.8) is 0 Å². The molecule has 0 aliphatic heterocycles. The zero-order chi connectivity index (χ0) is 10.0. The van der Waals surface area contributed by atoms with E-state index in [0.29, 0.717) is 10.6 Å². The Morgan fingerprint density at radius 1 is 1.62 bits per heavy atom. The van der Waals surface area contributed by atoms with Crippen molar-refractivity contribution in [2.24, 2.45) is 0 Å². The molecule has 0 atom stereocenters. The van der Waals surface area contributed by atoms with Crippen molar-refractivity contribution < 1.29 is 9.47 Å². The molecule has 0 bridgehead atoms. The number of rotatable bonds is 2. The van der Waals surface area contributed by atoms with E-state index in [1.165, 1.54) is 6.07 Å². The number of hydrogen-bond acceptors (Lipinski definition) is 4. The number of ether oxygens (including phenoxy) is 1. The Balaban J connectivity index is 2.99. The number of nitrogens with zero attached hydrogens (tertiary/aromatic N) is 2. The molecule has 5 nitrogen and oxygen atoms in total. The van der Waals surface area contributed by atoms with Gasteiger partial charge in [-0.3, -0.25) is 0 Å². The van der Waals surface area contributed by atoms with Crippen molar-refractivity contribution in [2.75, 3.05) is 5.73 Å². The van der Waals surface area contributed by atoms with Crippen molar-refractivity contribution in [3.8, 4) is 5.88 Å². The van der Waals surface area contributed by atoms with Crippen LogP contribution in [0, 0.1) is 12.1 Å². The molecule has 1 aromatic rings. The molecule has 0 spiro atoms. The van der Waals surface area contributed by atoms with Gasteiger partial charge in [0.15, 0.2) is 0 Å². The molecular weight excluding hydrogens is 170 g/mol. The number of aromatic nitrogens is 2. The van der Waals surface area contributed by atoms with E-state index in [0.717, 1.165) is 0 Å². The fraction of sp³-hybridized carbons (Fsp3) is 0.500. The first-order valence-corrected chi connectivity index (χ1v) is 4.04. The third kappa shape index (κ3) is 2.21. The van der Waals surface area contributed by atoms with Gasteiger partial charge >= 0.3 is 0 Å². The van der Waals surface area contributed by atoms with E-state index < -0.39 is 0 Å². The van der Waals surface area contributed by atoms with Crippen LogP contribution >= 0.6 is 0 Å². The highest BCUT2D eigenvalue weighted by Gasteiger charge is 2.09. The molecule has 0 radical (unpaired) electrons. The van der Waals surface area contributed by atoms with Gasteiger partial charge in [-0.15, -0.1) is 0 Å². The quantitative estimate of drug-likeness (QED) is 0.531. The lowest BCUT2D eigenvalue weighted by Gasteiger charge is -2.11. The van der Waals surface area contributed by atoms with Crippen molar-refractivity contribution in [1.82, 2.24) is 4.98 Å². The van der Waals surface area contributed by atoms with E-state index in [1.807, 2.05) is 13.8 Å². The molecular formula is C8H13N3O2. The van der Waals surface area contributed by atoms with Gasteiger partial charge in [0.1, 0.15) is 0 Å². The topological polar surface area (TPSA) is 75.1 Å². The van der Waals surface area contributed by atoms with Crippen molar-refractivity contribution in [1.29, 1.82) is 0 Å². The zero-order valence-electron chi connectivity index (χ0n) is 7.94. The van der Waals surface area contributed by atoms with E-state index in [-0.39, 0.29) is 17.7 Å². The number of anilines is 1. The summed E-state index contributed by atoms with van der Waals surface area (Å²) in [7, 11) is 0. The maximum absolute atomic E-state index is 11.1. The average Bonchev–Trinajstić information content (AvgIpc) is 1.98. The van der Waals surface area contributed by atoms with Crippen LogP contribution in [0.4, 0.5) is 5.82 Å². The third-order valence-electron chi connectivity index (χ3n) is 1.43. The summed E-state index contributed by atoms with van der Waals surface area (Å²) in [6.45, 7) is 5.34. The van der Waals surface area contributed by atoms with Gasteiger partial charge in [0.05, 0.1) is 12.2 Å². The Bertz CT molecular complexity index is 289. The van der Waals surface area contributed by atoms with Gasteiger partial charge in [0.25, 0.3) is 5.88 Å². The predicted molar refractivity (Wildman–Crippen MR) is 48.1 cm³/mol. The molecule has 0 amide bonds. The second-order valence-electron chi connectivity index (χ2n) is 3.03. The number of nitrogens with two attached hydrogens (primary N) is 1. The Morgan fingerprint density at radius 2 is 2.23 bits per heavy atom. The lowest BCUT2D eigenvalue weighted by Crippen LogP contribution is -2.35. The Kier molecular flexibility index (Phi) is 2.55. The van der Waals surface area contributed by atoms with Crippen molar-refractivity contribution >= 4 is 5.82 Å². The number of nitrogen functional groups attached to an aromatic ring is 1. The van der Waals surface area contributed by atoms with Gasteiger partial charge in [-0.1, -0.05) is 4.98 Å². The summed E-state index contributed by atoms with van der Waals surface area (Å²) in [5.41, 5.74) is 5.43. The van der Waals surface area contributed by atoms with Gasteiger partial charge in [-0.05, 0) is 13.8 Å². The fourth-order valence-corrected chi connectivity index (χ4v) is 0.911. The normalized spacial score (nSPS) is 10.5. The van der Waals surface area contributed by atoms with E-state index in [9.17, 15) is 5.21 Å². The fourth-order valence-electron chi connectivity index (χ4n) is 0.911. The molecule has 1 aromatic heterocycles. The second kappa shape index (κ2) is 3.47. The summed E-state index contributed by atoms with van der Waals surface area (Å²) in [6, 6.07) is 1.42. The van der Waals surface area contributed by atoms with E-state index in [4.69, 9.17) is 10.5 Å². The maximum atomic E-state index is 11.1. The average molecular weight is 183 g/mol. The minimum Gasteiger partial charge on any atom is -0.740 e. The summed E-state index contributed by atoms with van der Waals surface area (Å²) in [5, 5.41) is 11.1. The lowest BCUT2D eigenvalue weighted by atomic mass is 10.4. The SMILES string of the molecule is Cc1nc(OC(C)C)cc(N)[n+]1[O-].